The number of likely N-dealkylation sites (N-methyl/N-ethyl adjacent to an activating group) is 1. The van der Waals surface area contributed by atoms with Crippen LogP contribution in [0.2, 0.25) is 0 Å². The zero-order chi connectivity index (χ0) is 20.7. The summed E-state index contributed by atoms with van der Waals surface area (Å²) in [5, 5.41) is 17.3. The number of aromatic nitrogens is 3. The molecule has 4 rings (SSSR count). The molecule has 0 unspecified atom stereocenters. The number of hydrogen-bond donors (Lipinski definition) is 1. The molecule has 0 saturated carbocycles. The largest absolute Gasteiger partial charge is 0.504 e. The van der Waals surface area contributed by atoms with Gasteiger partial charge in [-0.05, 0) is 24.6 Å². The summed E-state index contributed by atoms with van der Waals surface area (Å²) in [4.78, 5) is 32.9. The van der Waals surface area contributed by atoms with Crippen molar-refractivity contribution in [2.45, 2.75) is 20.0 Å². The lowest BCUT2D eigenvalue weighted by Crippen LogP contribution is -2.37. The van der Waals surface area contributed by atoms with Crippen molar-refractivity contribution < 1.29 is 19.1 Å². The Hall–Kier alpha value is -3.27. The molecule has 0 fully saturated rings. The zero-order valence-electron chi connectivity index (χ0n) is 15.8. The van der Waals surface area contributed by atoms with Crippen LogP contribution >= 0.6 is 11.3 Å². The second-order valence-corrected chi connectivity index (χ2v) is 7.80. The molecule has 0 bridgehead atoms. The van der Waals surface area contributed by atoms with Crippen LogP contribution in [0.3, 0.4) is 0 Å². The van der Waals surface area contributed by atoms with Gasteiger partial charge in [-0.1, -0.05) is 12.1 Å². The third-order valence-corrected chi connectivity index (χ3v) is 5.47. The molecule has 3 heterocycles. The number of benzene rings is 1. The number of halogens is 1. The highest BCUT2D eigenvalue weighted by Crippen LogP contribution is 2.29. The molecule has 150 valence electrons. The van der Waals surface area contributed by atoms with Gasteiger partial charge in [-0.3, -0.25) is 19.2 Å². The van der Waals surface area contributed by atoms with E-state index in [1.807, 2.05) is 6.92 Å². The van der Waals surface area contributed by atoms with Crippen molar-refractivity contribution in [3.8, 4) is 5.75 Å². The lowest BCUT2D eigenvalue weighted by molar-refractivity contribution is 0.0738. The first-order chi connectivity index (χ1) is 13.8. The summed E-state index contributed by atoms with van der Waals surface area (Å²) in [5.41, 5.74) is 0.472. The van der Waals surface area contributed by atoms with Crippen LogP contribution in [-0.4, -0.2) is 50.2 Å². The van der Waals surface area contributed by atoms with Gasteiger partial charge in [-0.25, -0.2) is 9.37 Å². The van der Waals surface area contributed by atoms with Crippen molar-refractivity contribution in [2.75, 3.05) is 18.5 Å². The first-order valence-electron chi connectivity index (χ1n) is 8.89. The Kier molecular flexibility index (Phi) is 4.79. The smallest absolute Gasteiger partial charge is 0.284 e. The Morgan fingerprint density at radius 1 is 1.31 bits per heavy atom. The molecule has 0 spiro atoms. The zero-order valence-corrected chi connectivity index (χ0v) is 16.6. The second kappa shape index (κ2) is 7.28. The van der Waals surface area contributed by atoms with Gasteiger partial charge in [-0.15, -0.1) is 11.3 Å². The van der Waals surface area contributed by atoms with Crippen molar-refractivity contribution in [3.05, 3.63) is 57.4 Å². The Bertz CT molecular complexity index is 1090. The Morgan fingerprint density at radius 2 is 2.03 bits per heavy atom. The first kappa shape index (κ1) is 19.1. The summed E-state index contributed by atoms with van der Waals surface area (Å²) in [6, 6.07) is 5.77. The molecule has 1 aliphatic heterocycles. The molecule has 0 atom stereocenters. The summed E-state index contributed by atoms with van der Waals surface area (Å²) in [6.45, 7) is 2.74. The van der Waals surface area contributed by atoms with Gasteiger partial charge in [0, 0.05) is 19.0 Å². The van der Waals surface area contributed by atoms with Crippen molar-refractivity contribution >= 4 is 29.0 Å². The molecule has 0 saturated heterocycles. The van der Waals surface area contributed by atoms with Gasteiger partial charge in [0.05, 0.1) is 18.1 Å². The maximum Gasteiger partial charge on any atom is 0.284 e. The van der Waals surface area contributed by atoms with Crippen LogP contribution in [0.15, 0.2) is 29.6 Å². The Balaban J connectivity index is 1.73. The number of carbonyl (C=O) groups is 2. The summed E-state index contributed by atoms with van der Waals surface area (Å²) in [7, 11) is 1.62. The average Bonchev–Trinajstić information content (AvgIpc) is 3.27. The van der Waals surface area contributed by atoms with Crippen LogP contribution in [0.4, 0.5) is 10.2 Å². The van der Waals surface area contributed by atoms with Gasteiger partial charge in [-0.2, -0.15) is 5.10 Å². The van der Waals surface area contributed by atoms with Crippen LogP contribution in [0.25, 0.3) is 0 Å². The molecular formula is C19H18FN5O3S. The van der Waals surface area contributed by atoms with Crippen molar-refractivity contribution in [1.29, 1.82) is 0 Å². The van der Waals surface area contributed by atoms with E-state index in [2.05, 4.69) is 10.1 Å². The van der Waals surface area contributed by atoms with Crippen molar-refractivity contribution in [3.63, 3.8) is 0 Å². The van der Waals surface area contributed by atoms with E-state index in [0.29, 0.717) is 24.5 Å². The predicted molar refractivity (Wildman–Crippen MR) is 105 cm³/mol. The standard InChI is InChI=1S/C19H18FN5O3S/c1-11-21-14(10-29-11)24(9-12-3-5-13(20)6-4-12)18(27)15-17(26)16-19(28)23(2)7-8-25(16)22-15/h3-6,10,26H,7-9H2,1-2H3. The van der Waals surface area contributed by atoms with E-state index in [9.17, 15) is 19.1 Å². The van der Waals surface area contributed by atoms with E-state index < -0.39 is 17.6 Å². The summed E-state index contributed by atoms with van der Waals surface area (Å²) in [5.74, 6) is -1.40. The molecule has 2 amide bonds. The van der Waals surface area contributed by atoms with Crippen molar-refractivity contribution in [1.82, 2.24) is 19.7 Å². The van der Waals surface area contributed by atoms with Crippen molar-refractivity contribution in [2.24, 2.45) is 0 Å². The number of aromatic hydroxyl groups is 1. The number of rotatable bonds is 4. The number of carbonyl (C=O) groups excluding carboxylic acids is 2. The normalized spacial score (nSPS) is 13.5. The Labute approximate surface area is 169 Å². The SMILES string of the molecule is Cc1nc(N(Cc2ccc(F)cc2)C(=O)c2nn3c(c2O)C(=O)N(C)CC3)cs1. The molecule has 10 heteroatoms. The molecule has 29 heavy (non-hydrogen) atoms. The van der Waals surface area contributed by atoms with E-state index in [4.69, 9.17) is 0 Å². The number of hydrogen-bond acceptors (Lipinski definition) is 6. The monoisotopic (exact) mass is 415 g/mol. The molecular weight excluding hydrogens is 397 g/mol. The van der Waals surface area contributed by atoms with Crippen LogP contribution in [0.1, 0.15) is 31.5 Å². The molecule has 1 N–H and O–H groups in total. The van der Waals surface area contributed by atoms with Gasteiger partial charge in [0.2, 0.25) is 0 Å². The highest BCUT2D eigenvalue weighted by atomic mass is 32.1. The van der Waals surface area contributed by atoms with Gasteiger partial charge < -0.3 is 10.0 Å². The number of aryl methyl sites for hydroxylation is 1. The first-order valence-corrected chi connectivity index (χ1v) is 9.77. The summed E-state index contributed by atoms with van der Waals surface area (Å²) >= 11 is 1.38. The van der Waals surface area contributed by atoms with E-state index in [0.717, 1.165) is 5.01 Å². The van der Waals surface area contributed by atoms with Gasteiger partial charge in [0.1, 0.15) is 11.6 Å². The van der Waals surface area contributed by atoms with Gasteiger partial charge in [0.15, 0.2) is 17.1 Å². The second-order valence-electron chi connectivity index (χ2n) is 6.74. The fourth-order valence-corrected chi connectivity index (χ4v) is 3.73. The van der Waals surface area contributed by atoms with Crippen LogP contribution < -0.4 is 4.90 Å². The maximum atomic E-state index is 13.3. The van der Waals surface area contributed by atoms with Crippen LogP contribution in [0, 0.1) is 12.7 Å². The van der Waals surface area contributed by atoms with Gasteiger partial charge in [0.25, 0.3) is 11.8 Å². The van der Waals surface area contributed by atoms with Gasteiger partial charge >= 0.3 is 0 Å². The minimum Gasteiger partial charge on any atom is -0.504 e. The number of amides is 2. The van der Waals surface area contributed by atoms with E-state index in [1.165, 1.54) is 38.0 Å². The maximum absolute atomic E-state index is 13.3. The lowest BCUT2D eigenvalue weighted by atomic mass is 10.2. The number of anilines is 1. The third kappa shape index (κ3) is 3.46. The molecule has 1 aliphatic rings. The van der Waals surface area contributed by atoms with E-state index in [1.54, 1.807) is 24.6 Å². The average molecular weight is 415 g/mol. The quantitative estimate of drug-likeness (QED) is 0.707. The lowest BCUT2D eigenvalue weighted by Gasteiger charge is -2.22. The third-order valence-electron chi connectivity index (χ3n) is 4.71. The molecule has 1 aromatic carbocycles. The highest BCUT2D eigenvalue weighted by Gasteiger charge is 2.34. The summed E-state index contributed by atoms with van der Waals surface area (Å²) < 4.78 is 14.6. The molecule has 3 aromatic rings. The molecule has 0 aliphatic carbocycles. The fraction of sp³-hybridized carbons (Fsp3) is 0.263. The minimum absolute atomic E-state index is 0.00158. The number of thiazole rings is 1. The van der Waals surface area contributed by atoms with E-state index >= 15 is 0 Å². The van der Waals surface area contributed by atoms with Crippen LogP contribution in [-0.2, 0) is 13.1 Å². The molecule has 0 radical (unpaired) electrons. The highest BCUT2D eigenvalue weighted by molar-refractivity contribution is 7.09. The molecule has 8 nitrogen and oxygen atoms in total. The molecule has 2 aromatic heterocycles. The number of fused-ring (bicyclic) bond motifs is 1. The minimum atomic E-state index is -0.588. The van der Waals surface area contributed by atoms with Crippen LogP contribution in [0.5, 0.6) is 5.75 Å². The van der Waals surface area contributed by atoms with E-state index in [-0.39, 0.29) is 23.7 Å². The number of nitrogens with zero attached hydrogens (tertiary/aromatic N) is 5. The fourth-order valence-electron chi connectivity index (χ4n) is 3.13. The topological polar surface area (TPSA) is 91.6 Å². The summed E-state index contributed by atoms with van der Waals surface area (Å²) in [6.07, 6.45) is 0. The predicted octanol–water partition coefficient (Wildman–Crippen LogP) is 2.43. The Morgan fingerprint density at radius 3 is 2.69 bits per heavy atom.